The summed E-state index contributed by atoms with van der Waals surface area (Å²) in [7, 11) is 1.55. The third-order valence-corrected chi connectivity index (χ3v) is 6.24. The highest BCUT2D eigenvalue weighted by Gasteiger charge is 2.26. The fourth-order valence-electron chi connectivity index (χ4n) is 3.84. The monoisotopic (exact) mass is 420 g/mol. The molecule has 0 saturated heterocycles. The Bertz CT molecular complexity index is 1020. The first-order valence-corrected chi connectivity index (χ1v) is 9.78. The molecule has 0 bridgehead atoms. The number of fused-ring (bicyclic) bond motifs is 2. The van der Waals surface area contributed by atoms with Gasteiger partial charge in [-0.1, -0.05) is 12.1 Å². The molecule has 4 nitrogen and oxygen atoms in total. The molecule has 0 radical (unpaired) electrons. The molecule has 4 rings (SSSR count). The molecule has 1 amide bonds. The quantitative estimate of drug-likeness (QED) is 0.584. The molecular weight excluding hydrogens is 399 g/mol. The lowest BCUT2D eigenvalue weighted by atomic mass is 9.87. The number of thiophene rings is 1. The van der Waals surface area contributed by atoms with Crippen LogP contribution < -0.4 is 11.1 Å². The number of nitrogens with one attached hydrogen (secondary N) is 1. The van der Waals surface area contributed by atoms with Gasteiger partial charge in [-0.05, 0) is 54.7 Å². The van der Waals surface area contributed by atoms with Crippen LogP contribution in [0.4, 0.5) is 10.1 Å². The molecule has 0 saturated carbocycles. The fraction of sp³-hybridized carbons (Fsp3) is 0.286. The number of nitrogen functional groups attached to an aromatic ring is 1. The third kappa shape index (κ3) is 3.72. The maximum atomic E-state index is 14.3. The van der Waals surface area contributed by atoms with E-state index in [-0.39, 0.29) is 36.8 Å². The van der Waals surface area contributed by atoms with Crippen LogP contribution in [-0.2, 0) is 17.8 Å². The molecule has 2 aromatic carbocycles. The van der Waals surface area contributed by atoms with Crippen molar-refractivity contribution in [2.75, 3.05) is 12.8 Å². The number of ether oxygens (including phenoxy) is 1. The predicted molar refractivity (Wildman–Crippen MR) is 114 cm³/mol. The van der Waals surface area contributed by atoms with Crippen LogP contribution in [0.2, 0.25) is 0 Å². The van der Waals surface area contributed by atoms with Gasteiger partial charge in [0.05, 0.1) is 17.5 Å². The van der Waals surface area contributed by atoms with Crippen LogP contribution in [0.15, 0.2) is 36.4 Å². The van der Waals surface area contributed by atoms with E-state index in [2.05, 4.69) is 5.32 Å². The molecule has 0 spiro atoms. The van der Waals surface area contributed by atoms with Crippen molar-refractivity contribution in [3.63, 3.8) is 0 Å². The summed E-state index contributed by atoms with van der Waals surface area (Å²) >= 11 is 1.31. The molecule has 1 aliphatic rings. The molecule has 1 aliphatic carbocycles. The number of anilines is 1. The Labute approximate surface area is 173 Å². The fourth-order valence-corrected chi connectivity index (χ4v) is 4.97. The molecule has 3 aromatic rings. The Morgan fingerprint density at radius 1 is 1.36 bits per heavy atom. The molecular formula is C21H22ClFN2O2S. The highest BCUT2D eigenvalue weighted by Crippen LogP contribution is 2.35. The van der Waals surface area contributed by atoms with Crippen LogP contribution >= 0.6 is 23.7 Å². The lowest BCUT2D eigenvalue weighted by Crippen LogP contribution is -2.31. The molecule has 3 N–H and O–H groups in total. The van der Waals surface area contributed by atoms with Gasteiger partial charge in [0.2, 0.25) is 0 Å². The third-order valence-electron chi connectivity index (χ3n) is 5.04. The maximum Gasteiger partial charge on any atom is 0.262 e. The standard InChI is InChI=1S/C21H21FN2O2S.ClH/c1-26-11-15-19-16(22)5-3-7-18(19)27-20(15)21(25)24-17-6-2-4-12-10-13(23)8-9-14(12)17;/h3,5,7-10,17H,2,4,6,11,23H2,1H3,(H,24,25);1H. The van der Waals surface area contributed by atoms with Crippen molar-refractivity contribution < 1.29 is 13.9 Å². The highest BCUT2D eigenvalue weighted by atomic mass is 35.5. The van der Waals surface area contributed by atoms with Crippen molar-refractivity contribution in [1.29, 1.82) is 0 Å². The van der Waals surface area contributed by atoms with Crippen LogP contribution in [-0.4, -0.2) is 13.0 Å². The zero-order chi connectivity index (χ0) is 19.0. The van der Waals surface area contributed by atoms with Crippen LogP contribution in [0.1, 0.15) is 45.2 Å². The number of amides is 1. The van der Waals surface area contributed by atoms with Crippen molar-refractivity contribution in [2.24, 2.45) is 0 Å². The summed E-state index contributed by atoms with van der Waals surface area (Å²) < 4.78 is 20.3. The average molecular weight is 421 g/mol. The first-order chi connectivity index (χ1) is 13.1. The van der Waals surface area contributed by atoms with Crippen molar-refractivity contribution >= 4 is 45.4 Å². The Hall–Kier alpha value is -2.15. The van der Waals surface area contributed by atoms with Gasteiger partial charge in [-0.2, -0.15) is 0 Å². The number of nitrogens with two attached hydrogens (primary N) is 1. The van der Waals surface area contributed by atoms with E-state index >= 15 is 0 Å². The predicted octanol–water partition coefficient (Wildman–Crippen LogP) is 5.00. The number of rotatable bonds is 4. The number of hydrogen-bond donors (Lipinski definition) is 2. The summed E-state index contributed by atoms with van der Waals surface area (Å²) in [6, 6.07) is 10.7. The number of carbonyl (C=O) groups is 1. The van der Waals surface area contributed by atoms with Gasteiger partial charge >= 0.3 is 0 Å². The number of benzene rings is 2. The molecule has 148 valence electrons. The first kappa shape index (κ1) is 20.6. The van der Waals surface area contributed by atoms with Crippen LogP contribution in [0.5, 0.6) is 0 Å². The number of aryl methyl sites for hydroxylation is 1. The summed E-state index contributed by atoms with van der Waals surface area (Å²) in [6.45, 7) is 0.196. The van der Waals surface area contributed by atoms with E-state index in [1.165, 1.54) is 23.0 Å². The van der Waals surface area contributed by atoms with Crippen LogP contribution in [0, 0.1) is 5.82 Å². The smallest absolute Gasteiger partial charge is 0.262 e. The van der Waals surface area contributed by atoms with E-state index in [0.717, 1.165) is 35.2 Å². The Balaban J connectivity index is 0.00000225. The first-order valence-electron chi connectivity index (χ1n) is 8.96. The van der Waals surface area contributed by atoms with Crippen molar-refractivity contribution in [3.8, 4) is 0 Å². The summed E-state index contributed by atoms with van der Waals surface area (Å²) in [5.74, 6) is -0.509. The van der Waals surface area contributed by atoms with Crippen molar-refractivity contribution in [3.05, 3.63) is 63.8 Å². The zero-order valence-corrected chi connectivity index (χ0v) is 17.1. The lowest BCUT2D eigenvalue weighted by Gasteiger charge is -2.26. The van der Waals surface area contributed by atoms with Crippen molar-refractivity contribution in [2.45, 2.75) is 31.9 Å². The zero-order valence-electron chi connectivity index (χ0n) is 15.5. The van der Waals surface area contributed by atoms with Crippen LogP contribution in [0.25, 0.3) is 10.1 Å². The largest absolute Gasteiger partial charge is 0.399 e. The normalized spacial score (nSPS) is 15.7. The van der Waals surface area contributed by atoms with Gasteiger partial charge in [-0.15, -0.1) is 23.7 Å². The number of hydrogen-bond acceptors (Lipinski definition) is 4. The van der Waals surface area contributed by atoms with Gasteiger partial charge in [0.25, 0.3) is 5.91 Å². The van der Waals surface area contributed by atoms with Crippen molar-refractivity contribution in [1.82, 2.24) is 5.32 Å². The summed E-state index contributed by atoms with van der Waals surface area (Å²) in [4.78, 5) is 13.6. The second kappa shape index (κ2) is 8.47. The summed E-state index contributed by atoms with van der Waals surface area (Å²) in [5, 5.41) is 3.62. The molecule has 28 heavy (non-hydrogen) atoms. The van der Waals surface area contributed by atoms with E-state index in [0.29, 0.717) is 15.8 Å². The van der Waals surface area contributed by atoms with Gasteiger partial charge in [0.1, 0.15) is 5.82 Å². The molecule has 1 aromatic heterocycles. The summed E-state index contributed by atoms with van der Waals surface area (Å²) in [5.41, 5.74) is 9.55. The Morgan fingerprint density at radius 3 is 2.96 bits per heavy atom. The van der Waals surface area contributed by atoms with Gasteiger partial charge in [-0.25, -0.2) is 4.39 Å². The average Bonchev–Trinajstić information content (AvgIpc) is 3.02. The van der Waals surface area contributed by atoms with Gasteiger partial charge < -0.3 is 15.8 Å². The van der Waals surface area contributed by atoms with E-state index in [1.54, 1.807) is 13.2 Å². The van der Waals surface area contributed by atoms with E-state index in [9.17, 15) is 9.18 Å². The molecule has 0 aliphatic heterocycles. The van der Waals surface area contributed by atoms with E-state index < -0.39 is 0 Å². The minimum Gasteiger partial charge on any atom is -0.399 e. The highest BCUT2D eigenvalue weighted by molar-refractivity contribution is 7.21. The second-order valence-corrected chi connectivity index (χ2v) is 7.88. The topological polar surface area (TPSA) is 64.3 Å². The minimum absolute atomic E-state index is 0. The maximum absolute atomic E-state index is 14.3. The molecule has 1 heterocycles. The number of carbonyl (C=O) groups excluding carboxylic acids is 1. The van der Waals surface area contributed by atoms with Gasteiger partial charge in [0.15, 0.2) is 0 Å². The number of halogens is 2. The van der Waals surface area contributed by atoms with Gasteiger partial charge in [0, 0.05) is 28.4 Å². The number of methoxy groups -OCH3 is 1. The Morgan fingerprint density at radius 2 is 2.18 bits per heavy atom. The SMILES string of the molecule is COCc1c(C(=O)NC2CCCc3cc(N)ccc32)sc2cccc(F)c12.Cl. The lowest BCUT2D eigenvalue weighted by molar-refractivity contribution is 0.0932. The van der Waals surface area contributed by atoms with E-state index in [1.807, 2.05) is 24.3 Å². The molecule has 0 fully saturated rings. The minimum atomic E-state index is -0.326. The van der Waals surface area contributed by atoms with E-state index in [4.69, 9.17) is 10.5 Å². The summed E-state index contributed by atoms with van der Waals surface area (Å²) in [6.07, 6.45) is 2.84. The molecule has 1 unspecified atom stereocenters. The molecule has 1 atom stereocenters. The van der Waals surface area contributed by atoms with Crippen LogP contribution in [0.3, 0.4) is 0 Å². The Kier molecular flexibility index (Phi) is 6.23. The molecule has 7 heteroatoms. The van der Waals surface area contributed by atoms with Gasteiger partial charge in [-0.3, -0.25) is 4.79 Å². The second-order valence-electron chi connectivity index (χ2n) is 6.83.